The molecule has 29 heavy (non-hydrogen) atoms. The van der Waals surface area contributed by atoms with E-state index in [9.17, 15) is 9.59 Å². The number of rotatable bonds is 8. The van der Waals surface area contributed by atoms with Crippen LogP contribution in [0.15, 0.2) is 64.5 Å². The van der Waals surface area contributed by atoms with E-state index in [4.69, 9.17) is 4.74 Å². The van der Waals surface area contributed by atoms with Crippen LogP contribution in [-0.2, 0) is 9.53 Å². The number of benzene rings is 2. The van der Waals surface area contributed by atoms with Gasteiger partial charge in [-0.05, 0) is 38.1 Å². The van der Waals surface area contributed by atoms with Crippen LogP contribution in [0.1, 0.15) is 19.9 Å². The van der Waals surface area contributed by atoms with Crippen molar-refractivity contribution >= 4 is 34.3 Å². The van der Waals surface area contributed by atoms with E-state index < -0.39 is 0 Å². The maximum Gasteiger partial charge on any atom is 0.262 e. The van der Waals surface area contributed by atoms with Gasteiger partial charge in [0.25, 0.3) is 5.56 Å². The summed E-state index contributed by atoms with van der Waals surface area (Å²) in [5, 5.41) is 1.08. The van der Waals surface area contributed by atoms with Gasteiger partial charge in [-0.2, -0.15) is 0 Å². The standard InChI is InChI=1S/C22H25N3O3S/c1-4-24(17-10-6-5-7-11-17)20(26)15-29-22-23-19-13-9-8-12-18(19)21(27)25(22)16(2)14-28-3/h5-13,16H,4,14-15H2,1-3H3/t16-/m1/s1. The van der Waals surface area contributed by atoms with E-state index >= 15 is 0 Å². The number of carbonyl (C=O) groups excluding carboxylic acids is 1. The molecule has 1 heterocycles. The number of methoxy groups -OCH3 is 1. The molecule has 0 N–H and O–H groups in total. The fourth-order valence-electron chi connectivity index (χ4n) is 3.25. The van der Waals surface area contributed by atoms with Gasteiger partial charge in [0, 0.05) is 19.3 Å². The van der Waals surface area contributed by atoms with Crippen molar-refractivity contribution in [2.24, 2.45) is 0 Å². The lowest BCUT2D eigenvalue weighted by molar-refractivity contribution is -0.116. The van der Waals surface area contributed by atoms with E-state index in [1.807, 2.05) is 62.4 Å². The molecule has 152 valence electrons. The zero-order valence-electron chi connectivity index (χ0n) is 16.9. The number of fused-ring (bicyclic) bond motifs is 1. The molecule has 1 atom stereocenters. The lowest BCUT2D eigenvalue weighted by atomic mass is 10.2. The Bertz CT molecular complexity index is 1040. The Kier molecular flexibility index (Phi) is 7.06. The molecular formula is C22H25N3O3S. The Hall–Kier alpha value is -2.64. The summed E-state index contributed by atoms with van der Waals surface area (Å²) in [6.45, 7) is 4.81. The highest BCUT2D eigenvalue weighted by Crippen LogP contribution is 2.23. The zero-order valence-corrected chi connectivity index (χ0v) is 17.7. The predicted octanol–water partition coefficient (Wildman–Crippen LogP) is 3.75. The second-order valence-corrected chi connectivity index (χ2v) is 7.60. The summed E-state index contributed by atoms with van der Waals surface area (Å²) in [5.41, 5.74) is 1.37. The van der Waals surface area contributed by atoms with Crippen molar-refractivity contribution < 1.29 is 9.53 Å². The third-order valence-electron chi connectivity index (χ3n) is 4.63. The minimum absolute atomic E-state index is 0.0305. The summed E-state index contributed by atoms with van der Waals surface area (Å²) in [6, 6.07) is 16.6. The molecule has 3 rings (SSSR count). The number of anilines is 1. The molecule has 1 aromatic heterocycles. The molecular weight excluding hydrogens is 386 g/mol. The number of amides is 1. The van der Waals surface area contributed by atoms with Gasteiger partial charge < -0.3 is 9.64 Å². The molecule has 0 aliphatic rings. The summed E-state index contributed by atoms with van der Waals surface area (Å²) in [5.74, 6) is 0.157. The Morgan fingerprint density at radius 2 is 1.86 bits per heavy atom. The molecule has 1 amide bonds. The molecule has 7 heteroatoms. The van der Waals surface area contributed by atoms with Gasteiger partial charge in [-0.25, -0.2) is 4.98 Å². The first-order valence-electron chi connectivity index (χ1n) is 9.55. The Morgan fingerprint density at radius 1 is 1.17 bits per heavy atom. The maximum atomic E-state index is 13.1. The monoisotopic (exact) mass is 411 g/mol. The highest BCUT2D eigenvalue weighted by atomic mass is 32.2. The van der Waals surface area contributed by atoms with Crippen LogP contribution in [0.3, 0.4) is 0 Å². The smallest absolute Gasteiger partial charge is 0.262 e. The number of carbonyl (C=O) groups is 1. The summed E-state index contributed by atoms with van der Waals surface area (Å²) < 4.78 is 6.87. The SMILES string of the molecule is CCN(C(=O)CSc1nc2ccccc2c(=O)n1[C@H](C)COC)c1ccccc1. The second-order valence-electron chi connectivity index (χ2n) is 6.65. The highest BCUT2D eigenvalue weighted by molar-refractivity contribution is 7.99. The quantitative estimate of drug-likeness (QED) is 0.417. The summed E-state index contributed by atoms with van der Waals surface area (Å²) in [4.78, 5) is 32.3. The van der Waals surface area contributed by atoms with E-state index in [0.29, 0.717) is 29.2 Å². The van der Waals surface area contributed by atoms with Crippen molar-refractivity contribution in [3.8, 4) is 0 Å². The molecule has 0 fully saturated rings. The highest BCUT2D eigenvalue weighted by Gasteiger charge is 2.19. The average Bonchev–Trinajstić information content (AvgIpc) is 2.74. The number of hydrogen-bond donors (Lipinski definition) is 0. The van der Waals surface area contributed by atoms with E-state index in [2.05, 4.69) is 4.98 Å². The van der Waals surface area contributed by atoms with Crippen molar-refractivity contribution in [2.75, 3.05) is 30.9 Å². The van der Waals surface area contributed by atoms with Crippen LogP contribution >= 0.6 is 11.8 Å². The van der Waals surface area contributed by atoms with Crippen molar-refractivity contribution in [3.05, 3.63) is 65.0 Å². The first-order chi connectivity index (χ1) is 14.1. The first-order valence-corrected chi connectivity index (χ1v) is 10.5. The molecule has 0 spiro atoms. The van der Waals surface area contributed by atoms with Crippen LogP contribution in [0.5, 0.6) is 0 Å². The number of aromatic nitrogens is 2. The molecule has 0 radical (unpaired) electrons. The summed E-state index contributed by atoms with van der Waals surface area (Å²) in [7, 11) is 1.60. The van der Waals surface area contributed by atoms with Gasteiger partial charge in [-0.15, -0.1) is 0 Å². The van der Waals surface area contributed by atoms with Crippen LogP contribution in [0.4, 0.5) is 5.69 Å². The van der Waals surface area contributed by atoms with Crippen molar-refractivity contribution in [2.45, 2.75) is 25.0 Å². The van der Waals surface area contributed by atoms with Crippen LogP contribution in [0.2, 0.25) is 0 Å². The molecule has 2 aromatic carbocycles. The van der Waals surface area contributed by atoms with Gasteiger partial charge >= 0.3 is 0 Å². The van der Waals surface area contributed by atoms with Gasteiger partial charge in [-0.3, -0.25) is 14.2 Å². The molecule has 0 saturated carbocycles. The molecule has 0 saturated heterocycles. The Labute approximate surface area is 174 Å². The third-order valence-corrected chi connectivity index (χ3v) is 5.57. The van der Waals surface area contributed by atoms with E-state index in [0.717, 1.165) is 5.69 Å². The number of thioether (sulfide) groups is 1. The molecule has 0 aliphatic carbocycles. The normalized spacial score (nSPS) is 12.1. The molecule has 6 nitrogen and oxygen atoms in total. The predicted molar refractivity (Wildman–Crippen MR) is 118 cm³/mol. The molecule has 3 aromatic rings. The lowest BCUT2D eigenvalue weighted by Crippen LogP contribution is -2.33. The third kappa shape index (κ3) is 4.68. The van der Waals surface area contributed by atoms with Crippen LogP contribution in [-0.4, -0.2) is 41.5 Å². The summed E-state index contributed by atoms with van der Waals surface area (Å²) >= 11 is 1.28. The van der Waals surface area contributed by atoms with Crippen molar-refractivity contribution in [3.63, 3.8) is 0 Å². The molecule has 0 unspecified atom stereocenters. The number of ether oxygens (including phenoxy) is 1. The molecule has 0 bridgehead atoms. The van der Waals surface area contributed by atoms with Crippen molar-refractivity contribution in [1.82, 2.24) is 9.55 Å². The maximum absolute atomic E-state index is 13.1. The van der Waals surface area contributed by atoms with Gasteiger partial charge in [0.2, 0.25) is 5.91 Å². The van der Waals surface area contributed by atoms with Crippen LogP contribution < -0.4 is 10.5 Å². The summed E-state index contributed by atoms with van der Waals surface area (Å²) in [6.07, 6.45) is 0. The van der Waals surface area contributed by atoms with Crippen molar-refractivity contribution in [1.29, 1.82) is 0 Å². The van der Waals surface area contributed by atoms with Crippen LogP contribution in [0.25, 0.3) is 10.9 Å². The van der Waals surface area contributed by atoms with E-state index in [1.54, 1.807) is 22.6 Å². The molecule has 0 aliphatic heterocycles. The zero-order chi connectivity index (χ0) is 20.8. The second kappa shape index (κ2) is 9.71. The van der Waals surface area contributed by atoms with Gasteiger partial charge in [-0.1, -0.05) is 42.1 Å². The fraction of sp³-hybridized carbons (Fsp3) is 0.318. The topological polar surface area (TPSA) is 64.4 Å². The number of para-hydroxylation sites is 2. The average molecular weight is 412 g/mol. The first kappa shape index (κ1) is 21.1. The van der Waals surface area contributed by atoms with Gasteiger partial charge in [0.1, 0.15) is 0 Å². The largest absolute Gasteiger partial charge is 0.383 e. The van der Waals surface area contributed by atoms with Gasteiger partial charge in [0.05, 0.1) is 29.3 Å². The Balaban J connectivity index is 1.91. The minimum Gasteiger partial charge on any atom is -0.383 e. The van der Waals surface area contributed by atoms with E-state index in [1.165, 1.54) is 11.8 Å². The number of nitrogens with zero attached hydrogens (tertiary/aromatic N) is 3. The minimum atomic E-state index is -0.196. The van der Waals surface area contributed by atoms with E-state index in [-0.39, 0.29) is 23.3 Å². The number of hydrogen-bond acceptors (Lipinski definition) is 5. The Morgan fingerprint density at radius 3 is 2.55 bits per heavy atom. The lowest BCUT2D eigenvalue weighted by Gasteiger charge is -2.22. The fourth-order valence-corrected chi connectivity index (χ4v) is 4.22. The van der Waals surface area contributed by atoms with Gasteiger partial charge in [0.15, 0.2) is 5.16 Å². The van der Waals surface area contributed by atoms with Crippen LogP contribution in [0, 0.1) is 0 Å².